The van der Waals surface area contributed by atoms with E-state index in [0.717, 1.165) is 39.9 Å². The number of anilines is 1. The number of hydrogen-bond acceptors (Lipinski definition) is 1. The summed E-state index contributed by atoms with van der Waals surface area (Å²) in [6.45, 7) is 14.3. The Kier molecular flexibility index (Phi) is 10.8. The molecule has 0 fully saturated rings. The Bertz CT molecular complexity index is 857. The van der Waals surface area contributed by atoms with Crippen molar-refractivity contribution in [1.82, 2.24) is 0 Å². The first-order chi connectivity index (χ1) is 13.9. The van der Waals surface area contributed by atoms with Crippen LogP contribution < -0.4 is 5.32 Å². The fourth-order valence-corrected chi connectivity index (χ4v) is 2.83. The molecule has 156 valence electrons. The molecule has 0 aliphatic heterocycles. The predicted octanol–water partition coefficient (Wildman–Crippen LogP) is 8.52. The molecule has 29 heavy (non-hydrogen) atoms. The second kappa shape index (κ2) is 12.8. The summed E-state index contributed by atoms with van der Waals surface area (Å²) < 4.78 is 13.6. The van der Waals surface area contributed by atoms with Crippen LogP contribution in [-0.2, 0) is 0 Å². The minimum Gasteiger partial charge on any atom is -0.388 e. The smallest absolute Gasteiger partial charge is 0.126 e. The molecule has 0 saturated heterocycles. The van der Waals surface area contributed by atoms with Crippen molar-refractivity contribution in [3.8, 4) is 0 Å². The largest absolute Gasteiger partial charge is 0.388 e. The molecule has 0 bridgehead atoms. The zero-order chi connectivity index (χ0) is 21.8. The van der Waals surface area contributed by atoms with Gasteiger partial charge >= 0.3 is 0 Å². The number of hydrogen-bond donors (Lipinski definition) is 1. The van der Waals surface area contributed by atoms with Gasteiger partial charge in [-0.2, -0.15) is 0 Å². The summed E-state index contributed by atoms with van der Waals surface area (Å²) in [6.07, 6.45) is 9.75. The molecular weight excluding hydrogens is 357 g/mol. The van der Waals surface area contributed by atoms with Crippen LogP contribution in [0.5, 0.6) is 0 Å². The summed E-state index contributed by atoms with van der Waals surface area (Å²) in [5.74, 6) is -0.172. The molecule has 0 saturated carbocycles. The Balaban J connectivity index is 0.000000960. The molecule has 1 nitrogen and oxygen atoms in total. The van der Waals surface area contributed by atoms with Crippen molar-refractivity contribution < 1.29 is 4.39 Å². The number of nitrogens with one attached hydrogen (secondary N) is 1. The van der Waals surface area contributed by atoms with E-state index < -0.39 is 0 Å². The van der Waals surface area contributed by atoms with Gasteiger partial charge in [-0.15, -0.1) is 0 Å². The van der Waals surface area contributed by atoms with Crippen LogP contribution >= 0.6 is 0 Å². The second-order valence-corrected chi connectivity index (χ2v) is 7.07. The van der Waals surface area contributed by atoms with Gasteiger partial charge in [-0.25, -0.2) is 4.39 Å². The third-order valence-corrected chi connectivity index (χ3v) is 4.87. The number of halogens is 1. The number of aryl methyl sites for hydroxylation is 1. The zero-order valence-electron chi connectivity index (χ0n) is 18.9. The zero-order valence-corrected chi connectivity index (χ0v) is 18.9. The summed E-state index contributed by atoms with van der Waals surface area (Å²) in [5.41, 5.74) is 7.19. The number of allylic oxidation sites excluding steroid dienone is 4. The lowest BCUT2D eigenvalue weighted by atomic mass is 9.93. The third kappa shape index (κ3) is 7.05. The Morgan fingerprint density at radius 3 is 2.21 bits per heavy atom. The molecule has 2 rings (SSSR count). The molecule has 0 heterocycles. The van der Waals surface area contributed by atoms with Crippen LogP contribution in [0.4, 0.5) is 10.1 Å². The van der Waals surface area contributed by atoms with Gasteiger partial charge in [-0.3, -0.25) is 0 Å². The average Bonchev–Trinajstić information content (AvgIpc) is 2.75. The molecule has 0 unspecified atom stereocenters. The highest BCUT2D eigenvalue weighted by atomic mass is 19.1. The van der Waals surface area contributed by atoms with Crippen molar-refractivity contribution in [3.63, 3.8) is 0 Å². The fourth-order valence-electron chi connectivity index (χ4n) is 2.83. The molecule has 0 aromatic heterocycles. The van der Waals surface area contributed by atoms with Gasteiger partial charge in [0.05, 0.1) is 0 Å². The highest BCUT2D eigenvalue weighted by Gasteiger charge is 2.09. The lowest BCUT2D eigenvalue weighted by Gasteiger charge is -2.14. The van der Waals surface area contributed by atoms with Crippen molar-refractivity contribution in [2.75, 3.05) is 12.4 Å². The Labute approximate surface area is 177 Å². The standard InChI is InChI=1S/C23H26FN.C4H10/c1-6-8-9-21(17(4)19-10-12-22(24)16(3)14-19)20-11-13-23(25-5)18(7-2)15-20;1-3-4-2/h7-15,25H,2,6H2,1,3-5H3;3-4H2,1-2H3/b9-8-,21-17-;. The molecule has 1 N–H and O–H groups in total. The van der Waals surface area contributed by atoms with Gasteiger partial charge in [0.15, 0.2) is 0 Å². The van der Waals surface area contributed by atoms with E-state index in [1.807, 2.05) is 25.3 Å². The summed E-state index contributed by atoms with van der Waals surface area (Å²) >= 11 is 0. The Hall–Kier alpha value is -2.61. The maximum absolute atomic E-state index is 13.6. The minimum atomic E-state index is -0.172. The van der Waals surface area contributed by atoms with E-state index in [1.54, 1.807) is 6.92 Å². The van der Waals surface area contributed by atoms with Crippen molar-refractivity contribution in [2.24, 2.45) is 0 Å². The van der Waals surface area contributed by atoms with Crippen LogP contribution in [0.2, 0.25) is 0 Å². The van der Waals surface area contributed by atoms with Crippen molar-refractivity contribution in [1.29, 1.82) is 0 Å². The van der Waals surface area contributed by atoms with Gasteiger partial charge in [0.25, 0.3) is 0 Å². The SMILES string of the molecule is C=Cc1cc(C(/C=C\CC)=C(/C)c2ccc(F)c(C)c2)ccc1NC.CCCC. The van der Waals surface area contributed by atoms with Crippen LogP contribution in [-0.4, -0.2) is 7.05 Å². The molecule has 0 spiro atoms. The number of unbranched alkanes of at least 4 members (excludes halogenated alkanes) is 1. The van der Waals surface area contributed by atoms with Crippen LogP contribution in [0, 0.1) is 12.7 Å². The molecule has 2 aromatic carbocycles. The Morgan fingerprint density at radius 2 is 1.69 bits per heavy atom. The predicted molar refractivity (Wildman–Crippen MR) is 130 cm³/mol. The van der Waals surface area contributed by atoms with Crippen molar-refractivity contribution >= 4 is 22.9 Å². The summed E-state index contributed by atoms with van der Waals surface area (Å²) in [6, 6.07) is 11.6. The van der Waals surface area contributed by atoms with Crippen LogP contribution in [0.3, 0.4) is 0 Å². The van der Waals surface area contributed by atoms with Gasteiger partial charge in [-0.1, -0.05) is 70.6 Å². The van der Waals surface area contributed by atoms with E-state index in [2.05, 4.69) is 69.9 Å². The van der Waals surface area contributed by atoms with E-state index in [-0.39, 0.29) is 5.82 Å². The number of rotatable bonds is 7. The molecule has 0 aliphatic rings. The van der Waals surface area contributed by atoms with Crippen molar-refractivity contribution in [2.45, 2.75) is 53.9 Å². The van der Waals surface area contributed by atoms with Crippen molar-refractivity contribution in [3.05, 3.63) is 83.2 Å². The topological polar surface area (TPSA) is 12.0 Å². The number of benzene rings is 2. The molecule has 0 aliphatic carbocycles. The normalized spacial score (nSPS) is 11.6. The first-order valence-electron chi connectivity index (χ1n) is 10.5. The molecule has 0 radical (unpaired) electrons. The minimum absolute atomic E-state index is 0.172. The molecule has 0 atom stereocenters. The first-order valence-corrected chi connectivity index (χ1v) is 10.5. The van der Waals surface area contributed by atoms with E-state index in [9.17, 15) is 4.39 Å². The highest BCUT2D eigenvalue weighted by molar-refractivity contribution is 5.95. The van der Waals surface area contributed by atoms with Gasteiger partial charge in [0.1, 0.15) is 5.82 Å². The summed E-state index contributed by atoms with van der Waals surface area (Å²) in [7, 11) is 1.91. The monoisotopic (exact) mass is 393 g/mol. The van der Waals surface area contributed by atoms with Gasteiger partial charge in [0.2, 0.25) is 0 Å². The van der Waals surface area contributed by atoms with Crippen LogP contribution in [0.15, 0.2) is 55.1 Å². The second-order valence-electron chi connectivity index (χ2n) is 7.07. The van der Waals surface area contributed by atoms with Gasteiger partial charge in [0, 0.05) is 12.7 Å². The Morgan fingerprint density at radius 1 is 1.03 bits per heavy atom. The maximum Gasteiger partial charge on any atom is 0.126 e. The highest BCUT2D eigenvalue weighted by Crippen LogP contribution is 2.31. The van der Waals surface area contributed by atoms with Gasteiger partial charge < -0.3 is 5.32 Å². The van der Waals surface area contributed by atoms with Crippen LogP contribution in [0.1, 0.15) is 69.2 Å². The first kappa shape index (κ1) is 24.4. The van der Waals surface area contributed by atoms with E-state index in [1.165, 1.54) is 18.9 Å². The van der Waals surface area contributed by atoms with Crippen LogP contribution in [0.25, 0.3) is 17.2 Å². The summed E-state index contributed by atoms with van der Waals surface area (Å²) in [5, 5.41) is 3.18. The molecule has 2 heteroatoms. The van der Waals surface area contributed by atoms with E-state index in [0.29, 0.717) is 5.56 Å². The lowest BCUT2D eigenvalue weighted by Crippen LogP contribution is -1.95. The molecule has 2 aromatic rings. The summed E-state index contributed by atoms with van der Waals surface area (Å²) in [4.78, 5) is 0. The quantitative estimate of drug-likeness (QED) is 0.367. The lowest BCUT2D eigenvalue weighted by molar-refractivity contribution is 0.618. The van der Waals surface area contributed by atoms with E-state index >= 15 is 0 Å². The molecular formula is C27H36FN. The van der Waals surface area contributed by atoms with Gasteiger partial charge in [-0.05, 0) is 77.9 Å². The van der Waals surface area contributed by atoms with E-state index in [4.69, 9.17) is 0 Å². The third-order valence-electron chi connectivity index (χ3n) is 4.87. The average molecular weight is 394 g/mol. The fraction of sp³-hybridized carbons (Fsp3) is 0.333. The molecule has 0 amide bonds. The maximum atomic E-state index is 13.6.